The molecule has 1 atom stereocenters. The largest absolute Gasteiger partial charge is 0.360 e. The number of benzene rings is 1. The Bertz CT molecular complexity index is 738. The molecule has 6 nitrogen and oxygen atoms in total. The molecule has 2 amide bonds. The SMILES string of the molecule is Cc1cc(NC(=O)[C@@H](C)N2C(=O)CCCc3ccccc32)no1. The fraction of sp³-hybridized carbons (Fsp3) is 0.353. The van der Waals surface area contributed by atoms with Gasteiger partial charge in [0.2, 0.25) is 11.8 Å². The number of nitrogens with zero attached hydrogens (tertiary/aromatic N) is 2. The number of nitrogens with one attached hydrogen (secondary N) is 1. The number of rotatable bonds is 3. The van der Waals surface area contributed by atoms with Crippen LogP contribution in [0, 0.1) is 6.92 Å². The van der Waals surface area contributed by atoms with Gasteiger partial charge >= 0.3 is 0 Å². The van der Waals surface area contributed by atoms with Gasteiger partial charge in [-0.05, 0) is 38.3 Å². The van der Waals surface area contributed by atoms with Crippen LogP contribution in [0.3, 0.4) is 0 Å². The zero-order valence-electron chi connectivity index (χ0n) is 13.2. The Hall–Kier alpha value is -2.63. The summed E-state index contributed by atoms with van der Waals surface area (Å²) in [6.45, 7) is 3.48. The summed E-state index contributed by atoms with van der Waals surface area (Å²) in [6.07, 6.45) is 2.08. The van der Waals surface area contributed by atoms with Crippen LogP contribution in [0.25, 0.3) is 0 Å². The molecule has 1 aromatic carbocycles. The molecule has 1 aliphatic rings. The topological polar surface area (TPSA) is 75.4 Å². The molecule has 0 saturated heterocycles. The maximum Gasteiger partial charge on any atom is 0.248 e. The first kappa shape index (κ1) is 15.3. The molecule has 3 rings (SSSR count). The standard InChI is InChI=1S/C17H19N3O3/c1-11-10-15(19-23-11)18-17(22)12(2)20-14-8-4-3-6-13(14)7-5-9-16(20)21/h3-4,6,8,10,12H,5,7,9H2,1-2H3,(H,18,19,22)/t12-/m1/s1. The first-order chi connectivity index (χ1) is 11.1. The normalized spacial score (nSPS) is 15.7. The molecule has 0 fully saturated rings. The fourth-order valence-electron chi connectivity index (χ4n) is 2.84. The van der Waals surface area contributed by atoms with Crippen molar-refractivity contribution in [2.45, 2.75) is 39.2 Å². The van der Waals surface area contributed by atoms with Crippen LogP contribution < -0.4 is 10.2 Å². The highest BCUT2D eigenvalue weighted by Crippen LogP contribution is 2.28. The molecule has 23 heavy (non-hydrogen) atoms. The Morgan fingerprint density at radius 3 is 2.87 bits per heavy atom. The molecule has 2 aromatic rings. The second kappa shape index (κ2) is 6.24. The molecule has 1 aliphatic heterocycles. The highest BCUT2D eigenvalue weighted by Gasteiger charge is 2.30. The maximum absolute atomic E-state index is 12.5. The Morgan fingerprint density at radius 2 is 2.13 bits per heavy atom. The zero-order chi connectivity index (χ0) is 16.4. The van der Waals surface area contributed by atoms with Gasteiger partial charge in [0.05, 0.1) is 0 Å². The van der Waals surface area contributed by atoms with Gasteiger partial charge in [-0.25, -0.2) is 0 Å². The average molecular weight is 313 g/mol. The van der Waals surface area contributed by atoms with E-state index in [1.54, 1.807) is 24.8 Å². The smallest absolute Gasteiger partial charge is 0.248 e. The van der Waals surface area contributed by atoms with Crippen LogP contribution in [-0.2, 0) is 16.0 Å². The third-order valence-corrected chi connectivity index (χ3v) is 4.00. The van der Waals surface area contributed by atoms with Gasteiger partial charge in [0, 0.05) is 18.2 Å². The summed E-state index contributed by atoms with van der Waals surface area (Å²) in [5, 5.41) is 6.45. The van der Waals surface area contributed by atoms with Crippen molar-refractivity contribution in [3.63, 3.8) is 0 Å². The van der Waals surface area contributed by atoms with E-state index in [9.17, 15) is 9.59 Å². The van der Waals surface area contributed by atoms with Gasteiger partial charge in [-0.1, -0.05) is 23.4 Å². The van der Waals surface area contributed by atoms with E-state index in [-0.39, 0.29) is 11.8 Å². The van der Waals surface area contributed by atoms with Crippen molar-refractivity contribution >= 4 is 23.3 Å². The van der Waals surface area contributed by atoms with Crippen LogP contribution in [-0.4, -0.2) is 23.0 Å². The summed E-state index contributed by atoms with van der Waals surface area (Å²) in [7, 11) is 0. The van der Waals surface area contributed by atoms with Crippen LogP contribution >= 0.6 is 0 Å². The minimum atomic E-state index is -0.626. The number of aromatic nitrogens is 1. The number of aryl methyl sites for hydroxylation is 2. The number of amides is 2. The fourth-order valence-corrected chi connectivity index (χ4v) is 2.84. The summed E-state index contributed by atoms with van der Waals surface area (Å²) in [4.78, 5) is 26.6. The molecule has 120 valence electrons. The molecule has 2 heterocycles. The monoisotopic (exact) mass is 313 g/mol. The molecule has 0 saturated carbocycles. The third kappa shape index (κ3) is 3.11. The highest BCUT2D eigenvalue weighted by molar-refractivity contribution is 6.05. The first-order valence-electron chi connectivity index (χ1n) is 7.70. The van der Waals surface area contributed by atoms with E-state index in [0.29, 0.717) is 18.0 Å². The van der Waals surface area contributed by atoms with Gasteiger partial charge in [0.1, 0.15) is 11.8 Å². The van der Waals surface area contributed by atoms with Crippen molar-refractivity contribution in [2.24, 2.45) is 0 Å². The second-order valence-corrected chi connectivity index (χ2v) is 5.73. The Labute approximate surface area is 134 Å². The van der Waals surface area contributed by atoms with Crippen molar-refractivity contribution in [3.05, 3.63) is 41.7 Å². The highest BCUT2D eigenvalue weighted by atomic mass is 16.5. The average Bonchev–Trinajstić information content (AvgIpc) is 2.85. The number of hydrogen-bond donors (Lipinski definition) is 1. The van der Waals surface area contributed by atoms with Crippen LogP contribution in [0.1, 0.15) is 31.1 Å². The number of para-hydroxylation sites is 1. The van der Waals surface area contributed by atoms with E-state index in [0.717, 1.165) is 24.1 Å². The number of fused-ring (bicyclic) bond motifs is 1. The van der Waals surface area contributed by atoms with E-state index in [1.807, 2.05) is 24.3 Å². The van der Waals surface area contributed by atoms with E-state index in [2.05, 4.69) is 10.5 Å². The Morgan fingerprint density at radius 1 is 1.35 bits per heavy atom. The van der Waals surface area contributed by atoms with Crippen LogP contribution in [0.2, 0.25) is 0 Å². The van der Waals surface area contributed by atoms with Gasteiger partial charge in [0.15, 0.2) is 5.82 Å². The maximum atomic E-state index is 12.5. The molecule has 0 radical (unpaired) electrons. The number of carbonyl (C=O) groups is 2. The predicted molar refractivity (Wildman–Crippen MR) is 86.2 cm³/mol. The lowest BCUT2D eigenvalue weighted by molar-refractivity contribution is -0.123. The van der Waals surface area contributed by atoms with Crippen molar-refractivity contribution in [3.8, 4) is 0 Å². The lowest BCUT2D eigenvalue weighted by Gasteiger charge is -2.28. The molecular weight excluding hydrogens is 294 g/mol. The van der Waals surface area contributed by atoms with Crippen LogP contribution in [0.4, 0.5) is 11.5 Å². The quantitative estimate of drug-likeness (QED) is 0.945. The summed E-state index contributed by atoms with van der Waals surface area (Å²) >= 11 is 0. The Kier molecular flexibility index (Phi) is 4.14. The molecular formula is C17H19N3O3. The van der Waals surface area contributed by atoms with Gasteiger partial charge < -0.3 is 9.84 Å². The molecule has 0 aliphatic carbocycles. The molecule has 6 heteroatoms. The summed E-state index contributed by atoms with van der Waals surface area (Å²) in [6, 6.07) is 8.75. The lowest BCUT2D eigenvalue weighted by atomic mass is 10.1. The summed E-state index contributed by atoms with van der Waals surface area (Å²) in [5.41, 5.74) is 1.91. The van der Waals surface area contributed by atoms with E-state index < -0.39 is 6.04 Å². The van der Waals surface area contributed by atoms with Gasteiger partial charge in [-0.3, -0.25) is 14.5 Å². The minimum absolute atomic E-state index is 0.0334. The third-order valence-electron chi connectivity index (χ3n) is 4.00. The lowest BCUT2D eigenvalue weighted by Crippen LogP contribution is -2.45. The van der Waals surface area contributed by atoms with Crippen molar-refractivity contribution < 1.29 is 14.1 Å². The molecule has 0 bridgehead atoms. The van der Waals surface area contributed by atoms with Crippen molar-refractivity contribution in [1.29, 1.82) is 0 Å². The van der Waals surface area contributed by atoms with Crippen LogP contribution in [0.5, 0.6) is 0 Å². The zero-order valence-corrected chi connectivity index (χ0v) is 13.2. The molecule has 0 unspecified atom stereocenters. The van der Waals surface area contributed by atoms with E-state index in [1.165, 1.54) is 0 Å². The Balaban J connectivity index is 1.86. The van der Waals surface area contributed by atoms with Crippen LogP contribution in [0.15, 0.2) is 34.9 Å². The molecule has 0 spiro atoms. The number of carbonyl (C=O) groups excluding carboxylic acids is 2. The second-order valence-electron chi connectivity index (χ2n) is 5.73. The minimum Gasteiger partial charge on any atom is -0.360 e. The summed E-state index contributed by atoms with van der Waals surface area (Å²) in [5.74, 6) is 0.649. The number of anilines is 2. The van der Waals surface area contributed by atoms with E-state index in [4.69, 9.17) is 4.52 Å². The van der Waals surface area contributed by atoms with E-state index >= 15 is 0 Å². The van der Waals surface area contributed by atoms with Crippen molar-refractivity contribution in [2.75, 3.05) is 10.2 Å². The van der Waals surface area contributed by atoms with Crippen molar-refractivity contribution in [1.82, 2.24) is 5.16 Å². The summed E-state index contributed by atoms with van der Waals surface area (Å²) < 4.78 is 4.94. The van der Waals surface area contributed by atoms with Gasteiger partial charge in [-0.15, -0.1) is 0 Å². The first-order valence-corrected chi connectivity index (χ1v) is 7.70. The predicted octanol–water partition coefficient (Wildman–Crippen LogP) is 2.68. The molecule has 1 N–H and O–H groups in total. The molecule has 1 aromatic heterocycles. The number of hydrogen-bond acceptors (Lipinski definition) is 4. The van der Waals surface area contributed by atoms with Gasteiger partial charge in [-0.2, -0.15) is 0 Å². The van der Waals surface area contributed by atoms with Gasteiger partial charge in [0.25, 0.3) is 0 Å².